The van der Waals surface area contributed by atoms with Gasteiger partial charge in [0, 0.05) is 13.0 Å². The molecule has 0 saturated carbocycles. The Labute approximate surface area is 164 Å². The fourth-order valence-corrected chi connectivity index (χ4v) is 3.01. The Morgan fingerprint density at radius 3 is 2.75 bits per heavy atom. The first-order valence-electron chi connectivity index (χ1n) is 9.55. The van der Waals surface area contributed by atoms with E-state index >= 15 is 0 Å². The summed E-state index contributed by atoms with van der Waals surface area (Å²) in [7, 11) is 0. The van der Waals surface area contributed by atoms with E-state index in [-0.39, 0.29) is 18.1 Å². The van der Waals surface area contributed by atoms with Gasteiger partial charge in [0.1, 0.15) is 11.6 Å². The van der Waals surface area contributed by atoms with E-state index < -0.39 is 0 Å². The third-order valence-electron chi connectivity index (χ3n) is 4.77. The molecule has 0 saturated heterocycles. The molecule has 1 aromatic heterocycles. The van der Waals surface area contributed by atoms with Crippen LogP contribution in [0.15, 0.2) is 53.3 Å². The molecule has 146 valence electrons. The summed E-state index contributed by atoms with van der Waals surface area (Å²) < 4.78 is 5.72. The van der Waals surface area contributed by atoms with E-state index in [1.54, 1.807) is 18.2 Å². The second-order valence-electron chi connectivity index (χ2n) is 6.77. The lowest BCUT2D eigenvalue weighted by Crippen LogP contribution is -2.31. The van der Waals surface area contributed by atoms with Gasteiger partial charge in [-0.2, -0.15) is 0 Å². The van der Waals surface area contributed by atoms with Crippen LogP contribution in [0.3, 0.4) is 0 Å². The van der Waals surface area contributed by atoms with Crippen LogP contribution in [0.4, 0.5) is 0 Å². The number of fused-ring (bicyclic) bond motifs is 1. The number of benzene rings is 2. The largest absolute Gasteiger partial charge is 0.483 e. The van der Waals surface area contributed by atoms with Crippen LogP contribution in [-0.2, 0) is 11.2 Å². The molecule has 28 heavy (non-hydrogen) atoms. The van der Waals surface area contributed by atoms with Crippen LogP contribution in [0.25, 0.3) is 10.9 Å². The predicted molar refractivity (Wildman–Crippen MR) is 110 cm³/mol. The number of nitrogens with zero attached hydrogens (tertiary/aromatic N) is 1. The van der Waals surface area contributed by atoms with Gasteiger partial charge in [0.05, 0.1) is 10.9 Å². The van der Waals surface area contributed by atoms with Crippen molar-refractivity contribution in [1.82, 2.24) is 15.3 Å². The molecule has 0 aliphatic carbocycles. The minimum absolute atomic E-state index is 0.0465. The number of H-pyrrole nitrogens is 1. The molecule has 6 nitrogen and oxygen atoms in total. The third kappa shape index (κ3) is 4.76. The van der Waals surface area contributed by atoms with Crippen LogP contribution in [0.5, 0.6) is 5.75 Å². The Bertz CT molecular complexity index is 1010. The highest BCUT2D eigenvalue weighted by Crippen LogP contribution is 2.28. The van der Waals surface area contributed by atoms with Gasteiger partial charge in [0.2, 0.25) is 0 Å². The van der Waals surface area contributed by atoms with Gasteiger partial charge in [0.25, 0.3) is 11.5 Å². The monoisotopic (exact) mass is 379 g/mol. The summed E-state index contributed by atoms with van der Waals surface area (Å²) >= 11 is 0. The smallest absolute Gasteiger partial charge is 0.258 e. The zero-order valence-corrected chi connectivity index (χ0v) is 16.2. The molecular formula is C22H25N3O3. The molecule has 6 heteroatoms. The Morgan fingerprint density at radius 2 is 1.93 bits per heavy atom. The second kappa shape index (κ2) is 9.17. The number of aromatic nitrogens is 2. The zero-order chi connectivity index (χ0) is 19.9. The van der Waals surface area contributed by atoms with E-state index in [0.29, 0.717) is 35.6 Å². The maximum Gasteiger partial charge on any atom is 0.258 e. The molecule has 0 radical (unpaired) electrons. The number of carbonyl (C=O) groups is 1. The average molecular weight is 379 g/mol. The van der Waals surface area contributed by atoms with E-state index in [9.17, 15) is 9.59 Å². The molecule has 1 unspecified atom stereocenters. The molecule has 2 aromatic carbocycles. The lowest BCUT2D eigenvalue weighted by Gasteiger charge is -2.15. The number of rotatable bonds is 8. The van der Waals surface area contributed by atoms with Crippen molar-refractivity contribution in [1.29, 1.82) is 0 Å². The average Bonchev–Trinajstić information content (AvgIpc) is 2.72. The number of hydrogen-bond acceptors (Lipinski definition) is 4. The van der Waals surface area contributed by atoms with Crippen LogP contribution < -0.4 is 15.6 Å². The summed E-state index contributed by atoms with van der Waals surface area (Å²) in [6.07, 6.45) is 1.44. The molecule has 0 aliphatic heterocycles. The summed E-state index contributed by atoms with van der Waals surface area (Å²) in [6.45, 7) is 4.59. The van der Waals surface area contributed by atoms with Crippen molar-refractivity contribution in [3.05, 3.63) is 70.3 Å². The number of hydrogen-bond donors (Lipinski definition) is 2. The van der Waals surface area contributed by atoms with Crippen molar-refractivity contribution in [3.8, 4) is 5.75 Å². The molecular weight excluding hydrogens is 354 g/mol. The zero-order valence-electron chi connectivity index (χ0n) is 16.2. The first-order valence-corrected chi connectivity index (χ1v) is 9.55. The molecule has 0 bridgehead atoms. The summed E-state index contributed by atoms with van der Waals surface area (Å²) in [5.74, 6) is 1.46. The highest BCUT2D eigenvalue weighted by Gasteiger charge is 2.11. The van der Waals surface area contributed by atoms with Gasteiger partial charge in [-0.25, -0.2) is 4.98 Å². The van der Waals surface area contributed by atoms with Crippen molar-refractivity contribution >= 4 is 16.8 Å². The maximum absolute atomic E-state index is 12.1. The van der Waals surface area contributed by atoms with E-state index in [1.807, 2.05) is 30.3 Å². The quantitative estimate of drug-likeness (QED) is 0.630. The number of para-hydroxylation sites is 2. The van der Waals surface area contributed by atoms with Crippen molar-refractivity contribution in [2.45, 2.75) is 32.6 Å². The van der Waals surface area contributed by atoms with Crippen molar-refractivity contribution < 1.29 is 9.53 Å². The van der Waals surface area contributed by atoms with Crippen molar-refractivity contribution in [3.63, 3.8) is 0 Å². The fourth-order valence-electron chi connectivity index (χ4n) is 3.01. The lowest BCUT2D eigenvalue weighted by atomic mass is 9.98. The highest BCUT2D eigenvalue weighted by molar-refractivity contribution is 5.78. The van der Waals surface area contributed by atoms with Crippen LogP contribution in [-0.4, -0.2) is 29.0 Å². The van der Waals surface area contributed by atoms with Crippen LogP contribution in [0, 0.1) is 0 Å². The normalized spacial score (nSPS) is 11.9. The molecule has 3 rings (SSSR count). The summed E-state index contributed by atoms with van der Waals surface area (Å²) in [5, 5.41) is 3.36. The third-order valence-corrected chi connectivity index (χ3v) is 4.77. The van der Waals surface area contributed by atoms with Crippen molar-refractivity contribution in [2.24, 2.45) is 0 Å². The van der Waals surface area contributed by atoms with E-state index in [2.05, 4.69) is 29.1 Å². The van der Waals surface area contributed by atoms with Gasteiger partial charge in [-0.05, 0) is 36.1 Å². The van der Waals surface area contributed by atoms with Gasteiger partial charge in [-0.1, -0.05) is 44.2 Å². The highest BCUT2D eigenvalue weighted by atomic mass is 16.5. The minimum atomic E-state index is -0.206. The van der Waals surface area contributed by atoms with Gasteiger partial charge in [-0.15, -0.1) is 0 Å². The molecule has 2 N–H and O–H groups in total. The fraction of sp³-hybridized carbons (Fsp3) is 0.318. The Hall–Kier alpha value is -3.15. The van der Waals surface area contributed by atoms with Crippen LogP contribution in [0.2, 0.25) is 0 Å². The van der Waals surface area contributed by atoms with Crippen LogP contribution >= 0.6 is 0 Å². The lowest BCUT2D eigenvalue weighted by molar-refractivity contribution is -0.123. The first kappa shape index (κ1) is 19.6. The van der Waals surface area contributed by atoms with Gasteiger partial charge in [0.15, 0.2) is 6.61 Å². The van der Waals surface area contributed by atoms with E-state index in [1.165, 1.54) is 0 Å². The van der Waals surface area contributed by atoms with Gasteiger partial charge in [-0.3, -0.25) is 9.59 Å². The minimum Gasteiger partial charge on any atom is -0.483 e. The topological polar surface area (TPSA) is 84.1 Å². The SMILES string of the molecule is CCC(C)c1ccccc1OCC(=O)NCCc1nc2ccccc2c(=O)[nH]1. The Morgan fingerprint density at radius 1 is 1.18 bits per heavy atom. The first-order chi connectivity index (χ1) is 13.6. The predicted octanol–water partition coefficient (Wildman–Crippen LogP) is 3.17. The number of nitrogens with one attached hydrogen (secondary N) is 2. The second-order valence-corrected chi connectivity index (χ2v) is 6.77. The standard InChI is InChI=1S/C22H25N3O3/c1-3-15(2)16-8-5-7-11-19(16)28-14-21(26)23-13-12-20-24-18-10-6-4-9-17(18)22(27)25-20/h4-11,15H,3,12-14H2,1-2H3,(H,23,26)(H,24,25,27). The Balaban J connectivity index is 1.52. The van der Waals surface area contributed by atoms with Gasteiger partial charge >= 0.3 is 0 Å². The maximum atomic E-state index is 12.1. The molecule has 1 atom stereocenters. The number of aromatic amines is 1. The molecule has 1 heterocycles. The number of ether oxygens (including phenoxy) is 1. The summed E-state index contributed by atoms with van der Waals surface area (Å²) in [5.41, 5.74) is 1.59. The van der Waals surface area contributed by atoms with Gasteiger partial charge < -0.3 is 15.0 Å². The molecule has 0 aliphatic rings. The van der Waals surface area contributed by atoms with Crippen LogP contribution in [0.1, 0.15) is 37.6 Å². The van der Waals surface area contributed by atoms with E-state index in [4.69, 9.17) is 4.74 Å². The molecule has 0 fully saturated rings. The number of carbonyl (C=O) groups excluding carboxylic acids is 1. The molecule has 3 aromatic rings. The molecule has 1 amide bonds. The Kier molecular flexibility index (Phi) is 6.42. The number of amides is 1. The summed E-state index contributed by atoms with van der Waals surface area (Å²) in [6, 6.07) is 15.0. The molecule has 0 spiro atoms. The van der Waals surface area contributed by atoms with E-state index in [0.717, 1.165) is 17.7 Å². The summed E-state index contributed by atoms with van der Waals surface area (Å²) in [4.78, 5) is 31.4. The van der Waals surface area contributed by atoms with Crippen molar-refractivity contribution in [2.75, 3.05) is 13.2 Å².